The molecule has 2 rings (SSSR count). The fourth-order valence-corrected chi connectivity index (χ4v) is 2.54. The molecule has 0 aliphatic heterocycles. The molecule has 4 nitrogen and oxygen atoms in total. The molecule has 0 saturated heterocycles. The number of fused-ring (bicyclic) bond motifs is 1. The van der Waals surface area contributed by atoms with Crippen molar-refractivity contribution in [2.45, 2.75) is 25.3 Å². The molecule has 0 unspecified atom stereocenters. The first kappa shape index (κ1) is 14.4. The molecule has 0 aromatic heterocycles. The highest BCUT2D eigenvalue weighted by Crippen LogP contribution is 2.31. The summed E-state index contributed by atoms with van der Waals surface area (Å²) in [4.78, 5) is 11.0. The van der Waals surface area contributed by atoms with E-state index >= 15 is 0 Å². The van der Waals surface area contributed by atoms with Crippen LogP contribution < -0.4 is 10.6 Å². The summed E-state index contributed by atoms with van der Waals surface area (Å²) >= 11 is 0. The number of benzene rings is 1. The molecule has 0 spiro atoms. The fourth-order valence-electron chi connectivity index (χ4n) is 2.54. The monoisotopic (exact) mass is 272 g/mol. The maximum Gasteiger partial charge on any atom is 0.406 e. The van der Waals surface area contributed by atoms with Crippen molar-refractivity contribution in [3.63, 3.8) is 0 Å². The van der Waals surface area contributed by atoms with E-state index in [1.807, 2.05) is 0 Å². The molecule has 1 aliphatic carbocycles. The van der Waals surface area contributed by atoms with Crippen LogP contribution in [0, 0.1) is 12.3 Å². The Balaban J connectivity index is 1.96. The van der Waals surface area contributed by atoms with Crippen LogP contribution in [0.2, 0.25) is 0 Å². The third-order valence-corrected chi connectivity index (χ3v) is 3.57. The fraction of sp³-hybridized carbons (Fsp3) is 0.438. The van der Waals surface area contributed by atoms with Crippen molar-refractivity contribution in [2.24, 2.45) is 0 Å². The molecule has 1 aromatic rings. The quantitative estimate of drug-likeness (QED) is 0.804. The number of amides is 1. The second kappa shape index (κ2) is 6.97. The van der Waals surface area contributed by atoms with Crippen LogP contribution in [0.5, 0.6) is 0 Å². The number of ether oxygens (including phenoxy) is 1. The van der Waals surface area contributed by atoms with Crippen LogP contribution in [-0.2, 0) is 17.6 Å². The Bertz CT molecular complexity index is 520. The SMILES string of the molecule is C#CCN[C@@H]1CCc2ccc(CCOC(=O)NC)cc21. The highest BCUT2D eigenvalue weighted by atomic mass is 16.5. The number of nitrogens with one attached hydrogen (secondary N) is 2. The van der Waals surface area contributed by atoms with Crippen molar-refractivity contribution in [1.29, 1.82) is 0 Å². The lowest BCUT2D eigenvalue weighted by molar-refractivity contribution is 0.150. The van der Waals surface area contributed by atoms with Crippen LogP contribution in [0.3, 0.4) is 0 Å². The van der Waals surface area contributed by atoms with Gasteiger partial charge in [-0.05, 0) is 29.5 Å². The number of rotatable bonds is 5. The van der Waals surface area contributed by atoms with Crippen LogP contribution in [-0.4, -0.2) is 26.3 Å². The van der Waals surface area contributed by atoms with Crippen LogP contribution in [0.4, 0.5) is 4.79 Å². The molecule has 20 heavy (non-hydrogen) atoms. The molecule has 0 radical (unpaired) electrons. The number of hydrogen-bond acceptors (Lipinski definition) is 3. The second-order valence-corrected chi connectivity index (χ2v) is 4.85. The zero-order valence-corrected chi connectivity index (χ0v) is 11.7. The second-order valence-electron chi connectivity index (χ2n) is 4.85. The summed E-state index contributed by atoms with van der Waals surface area (Å²) in [6.07, 6.45) is 7.81. The van der Waals surface area contributed by atoms with Crippen molar-refractivity contribution in [3.05, 3.63) is 34.9 Å². The molecule has 1 amide bonds. The zero-order valence-electron chi connectivity index (χ0n) is 11.7. The van der Waals surface area contributed by atoms with Crippen LogP contribution >= 0.6 is 0 Å². The zero-order chi connectivity index (χ0) is 14.4. The number of alkyl carbamates (subject to hydrolysis) is 1. The molecule has 2 N–H and O–H groups in total. The molecular weight excluding hydrogens is 252 g/mol. The molecule has 0 saturated carbocycles. The smallest absolute Gasteiger partial charge is 0.406 e. The third kappa shape index (κ3) is 3.52. The molecule has 0 bridgehead atoms. The average molecular weight is 272 g/mol. The lowest BCUT2D eigenvalue weighted by Crippen LogP contribution is -2.20. The van der Waals surface area contributed by atoms with Crippen LogP contribution in [0.1, 0.15) is 29.2 Å². The summed E-state index contributed by atoms with van der Waals surface area (Å²) in [5, 5.41) is 5.80. The number of carbonyl (C=O) groups excluding carboxylic acids is 1. The summed E-state index contributed by atoms with van der Waals surface area (Å²) in [6.45, 7) is 0.981. The van der Waals surface area contributed by atoms with Crippen LogP contribution in [0.15, 0.2) is 18.2 Å². The maximum absolute atomic E-state index is 11.0. The van der Waals surface area contributed by atoms with E-state index < -0.39 is 0 Å². The van der Waals surface area contributed by atoms with E-state index in [0.717, 1.165) is 19.3 Å². The standard InChI is InChI=1S/C16H20N2O2/c1-3-9-18-15-7-6-13-5-4-12(11-14(13)15)8-10-20-16(19)17-2/h1,4-5,11,15,18H,6-10H2,2H3,(H,17,19)/t15-/m1/s1. The van der Waals surface area contributed by atoms with Crippen molar-refractivity contribution < 1.29 is 9.53 Å². The number of aryl methyl sites for hydroxylation is 1. The number of terminal acetylenes is 1. The van der Waals surface area contributed by atoms with E-state index in [0.29, 0.717) is 19.2 Å². The Labute approximate surface area is 119 Å². The molecule has 0 fully saturated rings. The molecular formula is C16H20N2O2. The van der Waals surface area contributed by atoms with Gasteiger partial charge in [-0.2, -0.15) is 0 Å². The molecule has 0 heterocycles. The first-order valence-electron chi connectivity index (χ1n) is 6.87. The Kier molecular flexibility index (Phi) is 5.03. The van der Waals surface area contributed by atoms with Gasteiger partial charge in [-0.15, -0.1) is 6.42 Å². The molecule has 1 aromatic carbocycles. The van der Waals surface area contributed by atoms with Gasteiger partial charge in [-0.1, -0.05) is 24.1 Å². The van der Waals surface area contributed by atoms with Gasteiger partial charge in [0.15, 0.2) is 0 Å². The first-order valence-corrected chi connectivity index (χ1v) is 6.87. The predicted octanol–water partition coefficient (Wildman–Crippen LogP) is 1.80. The summed E-state index contributed by atoms with van der Waals surface area (Å²) < 4.78 is 5.01. The van der Waals surface area contributed by atoms with Crippen molar-refractivity contribution in [2.75, 3.05) is 20.2 Å². The summed E-state index contributed by atoms with van der Waals surface area (Å²) in [5.41, 5.74) is 3.90. The summed E-state index contributed by atoms with van der Waals surface area (Å²) in [5.74, 6) is 2.62. The Morgan fingerprint density at radius 2 is 2.40 bits per heavy atom. The van der Waals surface area contributed by atoms with E-state index in [9.17, 15) is 4.79 Å². The van der Waals surface area contributed by atoms with Gasteiger partial charge in [0.05, 0.1) is 13.2 Å². The molecule has 4 heteroatoms. The molecule has 106 valence electrons. The number of carbonyl (C=O) groups is 1. The van der Waals surface area contributed by atoms with E-state index in [4.69, 9.17) is 11.2 Å². The molecule has 1 atom stereocenters. The average Bonchev–Trinajstić information content (AvgIpc) is 2.87. The minimum atomic E-state index is -0.389. The summed E-state index contributed by atoms with van der Waals surface area (Å²) in [6, 6.07) is 6.82. The van der Waals surface area contributed by atoms with Crippen molar-refractivity contribution >= 4 is 6.09 Å². The van der Waals surface area contributed by atoms with E-state index in [2.05, 4.69) is 34.8 Å². The van der Waals surface area contributed by atoms with Crippen LogP contribution in [0.25, 0.3) is 0 Å². The summed E-state index contributed by atoms with van der Waals surface area (Å²) in [7, 11) is 1.56. The minimum Gasteiger partial charge on any atom is -0.449 e. The predicted molar refractivity (Wildman–Crippen MR) is 78.5 cm³/mol. The van der Waals surface area contributed by atoms with Gasteiger partial charge in [-0.3, -0.25) is 5.32 Å². The van der Waals surface area contributed by atoms with Gasteiger partial charge in [0.2, 0.25) is 0 Å². The highest BCUT2D eigenvalue weighted by Gasteiger charge is 2.21. The van der Waals surface area contributed by atoms with Crippen molar-refractivity contribution in [3.8, 4) is 12.3 Å². The Morgan fingerprint density at radius 1 is 1.55 bits per heavy atom. The van der Waals surface area contributed by atoms with Gasteiger partial charge >= 0.3 is 6.09 Å². The number of hydrogen-bond donors (Lipinski definition) is 2. The normalized spacial score (nSPS) is 16.3. The van der Waals surface area contributed by atoms with Gasteiger partial charge < -0.3 is 10.1 Å². The minimum absolute atomic E-state index is 0.348. The highest BCUT2D eigenvalue weighted by molar-refractivity contribution is 5.66. The van der Waals surface area contributed by atoms with E-state index in [1.54, 1.807) is 7.05 Å². The first-order chi connectivity index (χ1) is 9.74. The van der Waals surface area contributed by atoms with E-state index in [1.165, 1.54) is 16.7 Å². The van der Waals surface area contributed by atoms with E-state index in [-0.39, 0.29) is 6.09 Å². The Morgan fingerprint density at radius 3 is 3.15 bits per heavy atom. The topological polar surface area (TPSA) is 50.4 Å². The third-order valence-electron chi connectivity index (χ3n) is 3.57. The van der Waals surface area contributed by atoms with Gasteiger partial charge in [-0.25, -0.2) is 4.79 Å². The lowest BCUT2D eigenvalue weighted by Gasteiger charge is -2.13. The molecule has 1 aliphatic rings. The largest absolute Gasteiger partial charge is 0.449 e. The maximum atomic E-state index is 11.0. The van der Waals surface area contributed by atoms with Gasteiger partial charge in [0.1, 0.15) is 0 Å². The van der Waals surface area contributed by atoms with Gasteiger partial charge in [0.25, 0.3) is 0 Å². The van der Waals surface area contributed by atoms with Crippen molar-refractivity contribution in [1.82, 2.24) is 10.6 Å². The Hall–Kier alpha value is -1.99. The van der Waals surface area contributed by atoms with Gasteiger partial charge in [0, 0.05) is 19.5 Å². The lowest BCUT2D eigenvalue weighted by atomic mass is 10.0.